The first-order valence-electron chi connectivity index (χ1n) is 5.21. The number of halogens is 1. The van der Waals surface area contributed by atoms with E-state index in [0.29, 0.717) is 6.04 Å². The normalized spacial score (nSPS) is 13.1. The van der Waals surface area contributed by atoms with Crippen LogP contribution in [0.2, 0.25) is 0 Å². The molecule has 3 heteroatoms. The maximum atomic E-state index is 3.45. The van der Waals surface area contributed by atoms with Crippen molar-refractivity contribution >= 4 is 15.9 Å². The molecule has 1 N–H and O–H groups in total. The predicted octanol–water partition coefficient (Wildman–Crippen LogP) is 2.66. The highest BCUT2D eigenvalue weighted by molar-refractivity contribution is 9.10. The first kappa shape index (κ1) is 12.7. The molecule has 1 rings (SSSR count). The summed E-state index contributed by atoms with van der Waals surface area (Å²) < 4.78 is 1.13. The van der Waals surface area contributed by atoms with Crippen LogP contribution < -0.4 is 5.32 Å². The van der Waals surface area contributed by atoms with E-state index in [1.807, 2.05) is 7.05 Å². The van der Waals surface area contributed by atoms with E-state index in [2.05, 4.69) is 64.5 Å². The summed E-state index contributed by atoms with van der Waals surface area (Å²) in [6, 6.07) is 8.97. The lowest BCUT2D eigenvalue weighted by Gasteiger charge is -2.19. The van der Waals surface area contributed by atoms with Crippen molar-refractivity contribution in [3.8, 4) is 0 Å². The van der Waals surface area contributed by atoms with E-state index in [4.69, 9.17) is 0 Å². The van der Waals surface area contributed by atoms with Crippen LogP contribution in [0, 0.1) is 0 Å². The predicted molar refractivity (Wildman–Crippen MR) is 69.1 cm³/mol. The van der Waals surface area contributed by atoms with Gasteiger partial charge in [-0.15, -0.1) is 0 Å². The highest BCUT2D eigenvalue weighted by atomic mass is 79.9. The number of nitrogens with zero attached hydrogens (tertiary/aromatic N) is 1. The second kappa shape index (κ2) is 6.26. The summed E-state index contributed by atoms with van der Waals surface area (Å²) in [6.45, 7) is 1.10. The fraction of sp³-hybridized carbons (Fsp3) is 0.500. The quantitative estimate of drug-likeness (QED) is 0.885. The lowest BCUT2D eigenvalue weighted by atomic mass is 10.0. The van der Waals surface area contributed by atoms with Crippen molar-refractivity contribution in [2.24, 2.45) is 0 Å². The zero-order valence-electron chi connectivity index (χ0n) is 9.63. The largest absolute Gasteiger partial charge is 0.313 e. The molecule has 0 heterocycles. The molecule has 0 aliphatic heterocycles. The maximum absolute atomic E-state index is 3.45. The van der Waals surface area contributed by atoms with Crippen LogP contribution >= 0.6 is 15.9 Å². The molecule has 0 spiro atoms. The van der Waals surface area contributed by atoms with E-state index in [1.165, 1.54) is 5.56 Å². The van der Waals surface area contributed by atoms with E-state index in [-0.39, 0.29) is 0 Å². The van der Waals surface area contributed by atoms with Crippen LogP contribution in [-0.2, 0) is 0 Å². The molecule has 0 bridgehead atoms. The summed E-state index contributed by atoms with van der Waals surface area (Å²) >= 11 is 3.45. The summed E-state index contributed by atoms with van der Waals surface area (Å²) in [6.07, 6.45) is 1.13. The zero-order valence-corrected chi connectivity index (χ0v) is 11.2. The fourth-order valence-electron chi connectivity index (χ4n) is 1.56. The minimum atomic E-state index is 0.445. The number of benzene rings is 1. The van der Waals surface area contributed by atoms with Crippen molar-refractivity contribution in [1.82, 2.24) is 10.2 Å². The van der Waals surface area contributed by atoms with Gasteiger partial charge in [-0.05, 0) is 51.8 Å². The van der Waals surface area contributed by atoms with Crippen molar-refractivity contribution < 1.29 is 0 Å². The third kappa shape index (κ3) is 4.33. The van der Waals surface area contributed by atoms with Crippen LogP contribution in [-0.4, -0.2) is 32.6 Å². The molecule has 1 aromatic rings. The van der Waals surface area contributed by atoms with Crippen LogP contribution in [0.25, 0.3) is 0 Å². The summed E-state index contributed by atoms with van der Waals surface area (Å²) in [7, 11) is 6.23. The SMILES string of the molecule is CNC(CCN(C)C)c1ccc(Br)cc1. The van der Waals surface area contributed by atoms with Gasteiger partial charge in [0.25, 0.3) is 0 Å². The van der Waals surface area contributed by atoms with Gasteiger partial charge in [-0.2, -0.15) is 0 Å². The van der Waals surface area contributed by atoms with Crippen molar-refractivity contribution in [3.05, 3.63) is 34.3 Å². The Morgan fingerprint density at radius 1 is 1.27 bits per heavy atom. The molecule has 2 nitrogen and oxygen atoms in total. The molecule has 0 amide bonds. The van der Waals surface area contributed by atoms with Gasteiger partial charge in [0, 0.05) is 10.5 Å². The summed E-state index contributed by atoms with van der Waals surface area (Å²) in [5.41, 5.74) is 1.35. The van der Waals surface area contributed by atoms with Crippen molar-refractivity contribution in [3.63, 3.8) is 0 Å². The van der Waals surface area contributed by atoms with Crippen LogP contribution in [0.3, 0.4) is 0 Å². The zero-order chi connectivity index (χ0) is 11.3. The van der Waals surface area contributed by atoms with E-state index in [0.717, 1.165) is 17.4 Å². The summed E-state index contributed by atoms with van der Waals surface area (Å²) in [4.78, 5) is 2.21. The van der Waals surface area contributed by atoms with Crippen molar-refractivity contribution in [2.45, 2.75) is 12.5 Å². The number of rotatable bonds is 5. The highest BCUT2D eigenvalue weighted by Gasteiger charge is 2.08. The molecule has 0 saturated heterocycles. The molecule has 0 aromatic heterocycles. The molecule has 84 valence electrons. The van der Waals surface area contributed by atoms with Gasteiger partial charge in [0.05, 0.1) is 0 Å². The van der Waals surface area contributed by atoms with Crippen LogP contribution in [0.5, 0.6) is 0 Å². The Labute approximate surface area is 101 Å². The maximum Gasteiger partial charge on any atom is 0.0329 e. The second-order valence-corrected chi connectivity index (χ2v) is 4.90. The van der Waals surface area contributed by atoms with Gasteiger partial charge in [-0.25, -0.2) is 0 Å². The average Bonchev–Trinajstić information content (AvgIpc) is 2.21. The molecule has 0 aliphatic rings. The molecular weight excluding hydrogens is 252 g/mol. The van der Waals surface area contributed by atoms with E-state index < -0.39 is 0 Å². The first-order valence-corrected chi connectivity index (χ1v) is 6.00. The monoisotopic (exact) mass is 270 g/mol. The Morgan fingerprint density at radius 2 is 1.87 bits per heavy atom. The van der Waals surface area contributed by atoms with Gasteiger partial charge < -0.3 is 10.2 Å². The molecule has 0 aliphatic carbocycles. The molecular formula is C12H19BrN2. The molecule has 1 aromatic carbocycles. The molecule has 0 fully saturated rings. The first-order chi connectivity index (χ1) is 7.13. The minimum Gasteiger partial charge on any atom is -0.313 e. The standard InChI is InChI=1S/C12H19BrN2/c1-14-12(8-9-15(2)3)10-4-6-11(13)7-5-10/h4-7,12,14H,8-9H2,1-3H3. The average molecular weight is 271 g/mol. The summed E-state index contributed by atoms with van der Waals surface area (Å²) in [5.74, 6) is 0. The Kier molecular flexibility index (Phi) is 5.29. The van der Waals surface area contributed by atoms with Crippen LogP contribution in [0.15, 0.2) is 28.7 Å². The smallest absolute Gasteiger partial charge is 0.0329 e. The van der Waals surface area contributed by atoms with Gasteiger partial charge in [0.15, 0.2) is 0 Å². The van der Waals surface area contributed by atoms with Gasteiger partial charge in [-0.3, -0.25) is 0 Å². The van der Waals surface area contributed by atoms with Crippen LogP contribution in [0.4, 0.5) is 0 Å². The van der Waals surface area contributed by atoms with Gasteiger partial charge >= 0.3 is 0 Å². The minimum absolute atomic E-state index is 0.445. The Morgan fingerprint density at radius 3 is 2.33 bits per heavy atom. The van der Waals surface area contributed by atoms with Gasteiger partial charge in [0.1, 0.15) is 0 Å². The third-order valence-corrected chi connectivity index (χ3v) is 3.01. The molecule has 0 saturated carbocycles. The summed E-state index contributed by atoms with van der Waals surface area (Å²) in [5, 5.41) is 3.35. The number of hydrogen-bond acceptors (Lipinski definition) is 2. The van der Waals surface area contributed by atoms with Crippen molar-refractivity contribution in [1.29, 1.82) is 0 Å². The molecule has 1 atom stereocenters. The fourth-order valence-corrected chi connectivity index (χ4v) is 1.82. The van der Waals surface area contributed by atoms with E-state index in [9.17, 15) is 0 Å². The Bertz CT molecular complexity index is 282. The number of hydrogen-bond donors (Lipinski definition) is 1. The Balaban J connectivity index is 2.61. The molecule has 1 unspecified atom stereocenters. The lowest BCUT2D eigenvalue weighted by Crippen LogP contribution is -2.22. The highest BCUT2D eigenvalue weighted by Crippen LogP contribution is 2.19. The Hall–Kier alpha value is -0.380. The number of nitrogens with one attached hydrogen (secondary N) is 1. The topological polar surface area (TPSA) is 15.3 Å². The van der Waals surface area contributed by atoms with Gasteiger partial charge in [-0.1, -0.05) is 28.1 Å². The van der Waals surface area contributed by atoms with Gasteiger partial charge in [0.2, 0.25) is 0 Å². The molecule has 15 heavy (non-hydrogen) atoms. The third-order valence-electron chi connectivity index (χ3n) is 2.49. The van der Waals surface area contributed by atoms with E-state index in [1.54, 1.807) is 0 Å². The van der Waals surface area contributed by atoms with Crippen LogP contribution in [0.1, 0.15) is 18.0 Å². The lowest BCUT2D eigenvalue weighted by molar-refractivity contribution is 0.368. The second-order valence-electron chi connectivity index (χ2n) is 3.98. The molecule has 0 radical (unpaired) electrons. The van der Waals surface area contributed by atoms with E-state index >= 15 is 0 Å². The van der Waals surface area contributed by atoms with Crippen molar-refractivity contribution in [2.75, 3.05) is 27.7 Å².